The van der Waals surface area contributed by atoms with Crippen LogP contribution in [0, 0.1) is 0 Å². The number of benzene rings is 1. The molecule has 0 amide bonds. The minimum Gasteiger partial charge on any atom is -0.394 e. The highest BCUT2D eigenvalue weighted by Crippen LogP contribution is 2.23. The van der Waals surface area contributed by atoms with Gasteiger partial charge in [-0.1, -0.05) is 6.07 Å². The van der Waals surface area contributed by atoms with E-state index in [1.54, 1.807) is 24.3 Å². The highest BCUT2D eigenvalue weighted by Gasteiger charge is 2.12. The Morgan fingerprint density at radius 1 is 1.26 bits per heavy atom. The lowest BCUT2D eigenvalue weighted by Gasteiger charge is -2.12. The highest BCUT2D eigenvalue weighted by atomic mass is 32.2. The van der Waals surface area contributed by atoms with Crippen molar-refractivity contribution < 1.29 is 18.6 Å². The van der Waals surface area contributed by atoms with Crippen molar-refractivity contribution in [3.05, 3.63) is 30.6 Å². The van der Waals surface area contributed by atoms with Crippen molar-refractivity contribution in [3.8, 4) is 0 Å². The summed E-state index contributed by atoms with van der Waals surface area (Å²) < 4.78 is 25.1. The van der Waals surface area contributed by atoms with Gasteiger partial charge in [0.2, 0.25) is 16.0 Å². The minimum absolute atomic E-state index is 0.0860. The summed E-state index contributed by atoms with van der Waals surface area (Å²) in [5.74, 6) is 0.617. The van der Waals surface area contributed by atoms with Gasteiger partial charge in [-0.2, -0.15) is 9.97 Å². The van der Waals surface area contributed by atoms with Gasteiger partial charge in [-0.3, -0.25) is 4.72 Å². The number of anilines is 4. The molecule has 1 atom stereocenters. The van der Waals surface area contributed by atoms with E-state index in [0.717, 1.165) is 6.26 Å². The summed E-state index contributed by atoms with van der Waals surface area (Å²) in [6.07, 6.45) is 1.60. The summed E-state index contributed by atoms with van der Waals surface area (Å²) in [5.41, 5.74) is 1.93. The lowest BCUT2D eigenvalue weighted by Crippen LogP contribution is -2.23. The number of hydrogen-bond acceptors (Lipinski definition) is 9. The number of sulfonamides is 1. The molecule has 3 rings (SSSR count). The van der Waals surface area contributed by atoms with Gasteiger partial charge in [0, 0.05) is 12.2 Å². The minimum atomic E-state index is -3.39. The quantitative estimate of drug-likeness (QED) is 0.314. The number of imidazole rings is 1. The fraction of sp³-hybridized carbons (Fsp3) is 0.267. The topological polar surface area (TPSA) is 165 Å². The molecule has 144 valence electrons. The maximum Gasteiger partial charge on any atom is 0.231 e. The lowest BCUT2D eigenvalue weighted by molar-refractivity contribution is 0.105. The second-order valence-corrected chi connectivity index (χ2v) is 7.54. The average Bonchev–Trinajstić information content (AvgIpc) is 3.06. The summed E-state index contributed by atoms with van der Waals surface area (Å²) in [6.45, 7) is -0.296. The molecule has 0 radical (unpaired) electrons. The number of nitrogens with one attached hydrogen (secondary N) is 4. The van der Waals surface area contributed by atoms with Crippen molar-refractivity contribution in [3.63, 3.8) is 0 Å². The van der Waals surface area contributed by atoms with E-state index in [1.165, 1.54) is 6.33 Å². The van der Waals surface area contributed by atoms with E-state index >= 15 is 0 Å². The first-order valence-electron chi connectivity index (χ1n) is 7.93. The van der Waals surface area contributed by atoms with Gasteiger partial charge in [-0.15, -0.1) is 0 Å². The zero-order valence-electron chi connectivity index (χ0n) is 14.3. The number of aromatic amines is 1. The Bertz CT molecular complexity index is 1040. The van der Waals surface area contributed by atoms with Gasteiger partial charge in [0.05, 0.1) is 31.0 Å². The Labute approximate surface area is 154 Å². The van der Waals surface area contributed by atoms with Crippen LogP contribution in [0.15, 0.2) is 30.6 Å². The van der Waals surface area contributed by atoms with Crippen LogP contribution in [0.25, 0.3) is 11.2 Å². The van der Waals surface area contributed by atoms with E-state index in [-0.39, 0.29) is 19.1 Å². The molecule has 11 nitrogen and oxygen atoms in total. The monoisotopic (exact) mass is 393 g/mol. The predicted molar refractivity (Wildman–Crippen MR) is 101 cm³/mol. The third kappa shape index (κ3) is 5.03. The summed E-state index contributed by atoms with van der Waals surface area (Å²) >= 11 is 0. The lowest BCUT2D eigenvalue weighted by atomic mass is 10.3. The molecular weight excluding hydrogens is 374 g/mol. The number of hydrogen-bond donors (Lipinski definition) is 6. The van der Waals surface area contributed by atoms with E-state index < -0.39 is 16.1 Å². The molecule has 0 bridgehead atoms. The van der Waals surface area contributed by atoms with E-state index in [1.807, 2.05) is 0 Å². The Kier molecular flexibility index (Phi) is 5.39. The van der Waals surface area contributed by atoms with Crippen LogP contribution in [-0.4, -0.2) is 64.1 Å². The van der Waals surface area contributed by atoms with Crippen LogP contribution in [-0.2, 0) is 10.0 Å². The molecule has 0 saturated heterocycles. The third-order valence-electron chi connectivity index (χ3n) is 3.42. The first kappa shape index (κ1) is 18.8. The molecule has 1 unspecified atom stereocenters. The van der Waals surface area contributed by atoms with Crippen molar-refractivity contribution >= 4 is 44.3 Å². The molecule has 3 aromatic rings. The molecule has 0 aliphatic carbocycles. The van der Waals surface area contributed by atoms with Crippen LogP contribution in [0.3, 0.4) is 0 Å². The third-order valence-corrected chi connectivity index (χ3v) is 4.02. The van der Waals surface area contributed by atoms with E-state index in [0.29, 0.717) is 28.4 Å². The number of aliphatic hydroxyl groups is 2. The maximum absolute atomic E-state index is 11.4. The fourth-order valence-electron chi connectivity index (χ4n) is 2.30. The molecular formula is C15H19N7O4S. The Hall–Kier alpha value is -2.96. The van der Waals surface area contributed by atoms with Gasteiger partial charge >= 0.3 is 0 Å². The van der Waals surface area contributed by atoms with Crippen molar-refractivity contribution in [1.29, 1.82) is 0 Å². The number of H-pyrrole nitrogens is 1. The standard InChI is InChI=1S/C15H19N7O4S/c1-27(25,26)22-10-4-2-3-9(5-10)19-15-20-13(16-6-11(24)7-23)12-14(21-15)18-8-17-12/h2-5,8,11,22-24H,6-7H2,1H3,(H3,16,17,18,19,20,21). The molecule has 0 saturated carbocycles. The predicted octanol–water partition coefficient (Wildman–Crippen LogP) is 0.233. The van der Waals surface area contributed by atoms with Crippen molar-refractivity contribution in [2.75, 3.05) is 34.8 Å². The van der Waals surface area contributed by atoms with E-state index in [9.17, 15) is 13.5 Å². The SMILES string of the molecule is CS(=O)(=O)Nc1cccc(Nc2nc(NCC(O)CO)c3nc[nH]c3n2)c1. The maximum atomic E-state index is 11.4. The number of rotatable bonds is 8. The number of fused-ring (bicyclic) bond motifs is 1. The number of aromatic nitrogens is 4. The van der Waals surface area contributed by atoms with Crippen LogP contribution in [0.2, 0.25) is 0 Å². The smallest absolute Gasteiger partial charge is 0.231 e. The van der Waals surface area contributed by atoms with Crippen molar-refractivity contribution in [2.45, 2.75) is 6.10 Å². The molecule has 0 spiro atoms. The van der Waals surface area contributed by atoms with Gasteiger partial charge < -0.3 is 25.8 Å². The van der Waals surface area contributed by atoms with E-state index in [4.69, 9.17) is 5.11 Å². The van der Waals surface area contributed by atoms with Crippen LogP contribution in [0.4, 0.5) is 23.1 Å². The highest BCUT2D eigenvalue weighted by molar-refractivity contribution is 7.92. The van der Waals surface area contributed by atoms with Crippen LogP contribution in [0.1, 0.15) is 0 Å². The first-order chi connectivity index (χ1) is 12.8. The number of nitrogens with zero attached hydrogens (tertiary/aromatic N) is 3. The second kappa shape index (κ2) is 7.73. The summed E-state index contributed by atoms with van der Waals surface area (Å²) in [4.78, 5) is 15.7. The Morgan fingerprint density at radius 3 is 2.78 bits per heavy atom. The molecule has 27 heavy (non-hydrogen) atoms. The van der Waals surface area contributed by atoms with Gasteiger partial charge in [0.1, 0.15) is 5.52 Å². The molecule has 6 N–H and O–H groups in total. The van der Waals surface area contributed by atoms with Crippen molar-refractivity contribution in [2.24, 2.45) is 0 Å². The Balaban J connectivity index is 1.85. The summed E-state index contributed by atoms with van der Waals surface area (Å²) in [5, 5.41) is 24.4. The van der Waals surface area contributed by atoms with Gasteiger partial charge in [0.25, 0.3) is 0 Å². The van der Waals surface area contributed by atoms with Crippen LogP contribution < -0.4 is 15.4 Å². The van der Waals surface area contributed by atoms with E-state index in [2.05, 4.69) is 35.3 Å². The zero-order valence-corrected chi connectivity index (χ0v) is 15.2. The second-order valence-electron chi connectivity index (χ2n) is 5.79. The molecule has 0 fully saturated rings. The molecule has 0 aliphatic rings. The van der Waals surface area contributed by atoms with Crippen molar-refractivity contribution in [1.82, 2.24) is 19.9 Å². The molecule has 0 aliphatic heterocycles. The van der Waals surface area contributed by atoms with Crippen LogP contribution >= 0.6 is 0 Å². The summed E-state index contributed by atoms with van der Waals surface area (Å²) in [6, 6.07) is 6.64. The molecule has 1 aromatic carbocycles. The molecule has 12 heteroatoms. The molecule has 2 heterocycles. The van der Waals surface area contributed by atoms with Crippen LogP contribution in [0.5, 0.6) is 0 Å². The summed E-state index contributed by atoms with van der Waals surface area (Å²) in [7, 11) is -3.39. The zero-order chi connectivity index (χ0) is 19.4. The Morgan fingerprint density at radius 2 is 2.04 bits per heavy atom. The normalized spacial score (nSPS) is 12.7. The van der Waals surface area contributed by atoms with Gasteiger partial charge in [0.15, 0.2) is 11.5 Å². The number of aliphatic hydroxyl groups excluding tert-OH is 2. The fourth-order valence-corrected chi connectivity index (χ4v) is 2.85. The largest absolute Gasteiger partial charge is 0.394 e. The van der Waals surface area contributed by atoms with Gasteiger partial charge in [-0.05, 0) is 18.2 Å². The average molecular weight is 393 g/mol. The first-order valence-corrected chi connectivity index (χ1v) is 9.82. The molecule has 2 aromatic heterocycles. The van der Waals surface area contributed by atoms with Gasteiger partial charge in [-0.25, -0.2) is 13.4 Å².